The molecule has 1 atom stereocenters. The summed E-state index contributed by atoms with van der Waals surface area (Å²) in [6.07, 6.45) is 5.37. The van der Waals surface area contributed by atoms with E-state index < -0.39 is 5.82 Å². The number of halogens is 1. The fraction of sp³-hybridized carbons (Fsp3) is 0.357. The monoisotopic (exact) mass is 263 g/mol. The molecule has 1 unspecified atom stereocenters. The average molecular weight is 263 g/mol. The number of hydrogen-bond acceptors (Lipinski definition) is 3. The molecule has 0 bridgehead atoms. The Kier molecular flexibility index (Phi) is 4.52. The molecule has 1 heterocycles. The Morgan fingerprint density at radius 2 is 2.32 bits per heavy atom. The minimum atomic E-state index is -0.425. The molecule has 1 aromatic heterocycles. The lowest BCUT2D eigenvalue weighted by molar-refractivity contribution is 0.446. The Bertz CT molecular complexity index is 513. The van der Waals surface area contributed by atoms with E-state index in [0.717, 1.165) is 31.3 Å². The molecule has 0 radical (unpaired) electrons. The predicted molar refractivity (Wildman–Crippen MR) is 71.4 cm³/mol. The van der Waals surface area contributed by atoms with Crippen molar-refractivity contribution in [1.82, 2.24) is 15.3 Å². The van der Waals surface area contributed by atoms with Crippen molar-refractivity contribution in [3.05, 3.63) is 47.8 Å². The zero-order valence-electron chi connectivity index (χ0n) is 10.9. The molecule has 4 nitrogen and oxygen atoms in total. The summed E-state index contributed by atoms with van der Waals surface area (Å²) >= 11 is 0. The number of benzene rings is 1. The van der Waals surface area contributed by atoms with Crippen LogP contribution < -0.4 is 5.32 Å². The van der Waals surface area contributed by atoms with Gasteiger partial charge in [0.05, 0.1) is 0 Å². The van der Waals surface area contributed by atoms with E-state index in [0.29, 0.717) is 5.56 Å². The van der Waals surface area contributed by atoms with Crippen LogP contribution in [0.2, 0.25) is 0 Å². The third-order valence-corrected chi connectivity index (χ3v) is 3.05. The zero-order chi connectivity index (χ0) is 13.7. The molecule has 0 fully saturated rings. The van der Waals surface area contributed by atoms with E-state index >= 15 is 0 Å². The van der Waals surface area contributed by atoms with Crippen LogP contribution in [-0.2, 0) is 6.42 Å². The Hall–Kier alpha value is -1.88. The normalized spacial score (nSPS) is 12.5. The van der Waals surface area contributed by atoms with Crippen molar-refractivity contribution in [2.24, 2.45) is 0 Å². The molecule has 19 heavy (non-hydrogen) atoms. The van der Waals surface area contributed by atoms with Crippen LogP contribution in [0.4, 0.5) is 4.39 Å². The third-order valence-electron chi connectivity index (χ3n) is 3.05. The fourth-order valence-corrected chi connectivity index (χ4v) is 2.00. The number of nitrogens with zero attached hydrogens (tertiary/aromatic N) is 1. The minimum absolute atomic E-state index is 0.00830. The highest BCUT2D eigenvalue weighted by atomic mass is 19.1. The number of phenols is 1. The highest BCUT2D eigenvalue weighted by Gasteiger charge is 2.10. The maximum absolute atomic E-state index is 12.9. The van der Waals surface area contributed by atoms with E-state index in [1.54, 1.807) is 12.3 Å². The molecule has 0 saturated carbocycles. The maximum atomic E-state index is 12.9. The van der Waals surface area contributed by atoms with Crippen LogP contribution in [0.25, 0.3) is 0 Å². The van der Waals surface area contributed by atoms with Crippen LogP contribution in [0.3, 0.4) is 0 Å². The summed E-state index contributed by atoms with van der Waals surface area (Å²) in [7, 11) is 0. The maximum Gasteiger partial charge on any atom is 0.126 e. The van der Waals surface area contributed by atoms with Gasteiger partial charge in [-0.2, -0.15) is 0 Å². The number of hydrogen-bond donors (Lipinski definition) is 3. The molecule has 0 aliphatic rings. The molecule has 2 aromatic rings. The number of H-pyrrole nitrogens is 1. The summed E-state index contributed by atoms with van der Waals surface area (Å²) < 4.78 is 12.9. The summed E-state index contributed by atoms with van der Waals surface area (Å²) in [5.41, 5.74) is 0.708. The number of phenolic OH excluding ortho intramolecular Hbond substituents is 1. The lowest BCUT2D eigenvalue weighted by Gasteiger charge is -2.15. The van der Waals surface area contributed by atoms with Gasteiger partial charge in [-0.3, -0.25) is 0 Å². The summed E-state index contributed by atoms with van der Waals surface area (Å²) in [5.74, 6) is 0.538. The number of aryl methyl sites for hydroxylation is 1. The molecule has 0 amide bonds. The van der Waals surface area contributed by atoms with Crippen LogP contribution in [0.15, 0.2) is 30.6 Å². The quantitative estimate of drug-likeness (QED) is 0.702. The SMILES string of the molecule is CC(NCCCc1ncc[nH]1)c1ccc(F)cc1O. The van der Waals surface area contributed by atoms with Crippen molar-refractivity contribution in [3.63, 3.8) is 0 Å². The summed E-state index contributed by atoms with van der Waals surface area (Å²) in [6.45, 7) is 2.75. The van der Waals surface area contributed by atoms with Gasteiger partial charge in [-0.15, -0.1) is 0 Å². The van der Waals surface area contributed by atoms with E-state index in [-0.39, 0.29) is 11.8 Å². The predicted octanol–water partition coefficient (Wildman–Crippen LogP) is 2.54. The van der Waals surface area contributed by atoms with E-state index in [4.69, 9.17) is 0 Å². The van der Waals surface area contributed by atoms with Gasteiger partial charge in [-0.25, -0.2) is 9.37 Å². The van der Waals surface area contributed by atoms with Crippen molar-refractivity contribution in [1.29, 1.82) is 0 Å². The number of rotatable bonds is 6. The van der Waals surface area contributed by atoms with Gasteiger partial charge in [0.2, 0.25) is 0 Å². The number of aromatic nitrogens is 2. The molecule has 5 heteroatoms. The van der Waals surface area contributed by atoms with Crippen LogP contribution in [0.1, 0.15) is 30.8 Å². The van der Waals surface area contributed by atoms with E-state index in [2.05, 4.69) is 15.3 Å². The zero-order valence-corrected chi connectivity index (χ0v) is 10.9. The molecule has 1 aromatic carbocycles. The molecular formula is C14H18FN3O. The van der Waals surface area contributed by atoms with Crippen LogP contribution >= 0.6 is 0 Å². The number of aromatic amines is 1. The van der Waals surface area contributed by atoms with Gasteiger partial charge < -0.3 is 15.4 Å². The van der Waals surface area contributed by atoms with Crippen LogP contribution in [0, 0.1) is 5.82 Å². The molecule has 2 rings (SSSR count). The summed E-state index contributed by atoms with van der Waals surface area (Å²) in [4.78, 5) is 7.20. The Morgan fingerprint density at radius 1 is 1.47 bits per heavy atom. The molecule has 0 saturated heterocycles. The standard InChI is InChI=1S/C14H18FN3O/c1-10(12-5-4-11(15)9-13(12)19)16-6-2-3-14-17-7-8-18-14/h4-5,7-10,16,19H,2-3,6H2,1H3,(H,17,18). The number of aromatic hydroxyl groups is 1. The van der Waals surface area contributed by atoms with Gasteiger partial charge in [0.25, 0.3) is 0 Å². The van der Waals surface area contributed by atoms with Gasteiger partial charge >= 0.3 is 0 Å². The number of imidazole rings is 1. The minimum Gasteiger partial charge on any atom is -0.508 e. The lowest BCUT2D eigenvalue weighted by atomic mass is 10.1. The first-order valence-electron chi connectivity index (χ1n) is 6.37. The van der Waals surface area contributed by atoms with Gasteiger partial charge in [-0.1, -0.05) is 6.07 Å². The molecule has 0 aliphatic carbocycles. The first kappa shape index (κ1) is 13.5. The molecular weight excluding hydrogens is 245 g/mol. The molecule has 0 spiro atoms. The Balaban J connectivity index is 1.79. The first-order valence-corrected chi connectivity index (χ1v) is 6.37. The average Bonchev–Trinajstić information content (AvgIpc) is 2.87. The van der Waals surface area contributed by atoms with Gasteiger partial charge in [0, 0.05) is 36.5 Å². The van der Waals surface area contributed by atoms with Crippen molar-refractivity contribution in [3.8, 4) is 5.75 Å². The lowest BCUT2D eigenvalue weighted by Crippen LogP contribution is -2.20. The summed E-state index contributed by atoms with van der Waals surface area (Å²) in [6, 6.07) is 4.08. The van der Waals surface area contributed by atoms with E-state index in [9.17, 15) is 9.50 Å². The molecule has 0 aliphatic heterocycles. The first-order chi connectivity index (χ1) is 9.16. The molecule has 102 valence electrons. The smallest absolute Gasteiger partial charge is 0.126 e. The number of nitrogens with one attached hydrogen (secondary N) is 2. The largest absolute Gasteiger partial charge is 0.508 e. The molecule has 3 N–H and O–H groups in total. The van der Waals surface area contributed by atoms with Gasteiger partial charge in [0.1, 0.15) is 17.4 Å². The van der Waals surface area contributed by atoms with Gasteiger partial charge in [-0.05, 0) is 26.0 Å². The second kappa shape index (κ2) is 6.33. The summed E-state index contributed by atoms with van der Waals surface area (Å²) in [5, 5.41) is 13.0. The topological polar surface area (TPSA) is 60.9 Å². The van der Waals surface area contributed by atoms with Crippen molar-refractivity contribution in [2.75, 3.05) is 6.54 Å². The van der Waals surface area contributed by atoms with E-state index in [1.807, 2.05) is 13.1 Å². The highest BCUT2D eigenvalue weighted by Crippen LogP contribution is 2.24. The van der Waals surface area contributed by atoms with Crippen LogP contribution in [0.5, 0.6) is 5.75 Å². The van der Waals surface area contributed by atoms with Crippen molar-refractivity contribution >= 4 is 0 Å². The third kappa shape index (κ3) is 3.79. The van der Waals surface area contributed by atoms with Crippen molar-refractivity contribution in [2.45, 2.75) is 25.8 Å². The fourth-order valence-electron chi connectivity index (χ4n) is 2.00. The van der Waals surface area contributed by atoms with Crippen molar-refractivity contribution < 1.29 is 9.50 Å². The van der Waals surface area contributed by atoms with E-state index in [1.165, 1.54) is 6.07 Å². The highest BCUT2D eigenvalue weighted by molar-refractivity contribution is 5.34. The second-order valence-electron chi connectivity index (χ2n) is 4.52. The second-order valence-corrected chi connectivity index (χ2v) is 4.52. The Morgan fingerprint density at radius 3 is 3.00 bits per heavy atom. The van der Waals surface area contributed by atoms with Crippen LogP contribution in [-0.4, -0.2) is 21.6 Å². The Labute approximate surface area is 111 Å². The van der Waals surface area contributed by atoms with Gasteiger partial charge in [0.15, 0.2) is 0 Å².